The number of anilines is 1. The minimum absolute atomic E-state index is 0.0197. The van der Waals surface area contributed by atoms with E-state index in [0.29, 0.717) is 53.6 Å². The van der Waals surface area contributed by atoms with Gasteiger partial charge in [0.1, 0.15) is 16.7 Å². The van der Waals surface area contributed by atoms with E-state index in [4.69, 9.17) is 16.3 Å². The molecule has 3 heterocycles. The van der Waals surface area contributed by atoms with Crippen LogP contribution in [0.3, 0.4) is 0 Å². The number of piperazine rings is 1. The van der Waals surface area contributed by atoms with Crippen molar-refractivity contribution in [2.75, 3.05) is 63.6 Å². The van der Waals surface area contributed by atoms with Gasteiger partial charge in [-0.1, -0.05) is 29.4 Å². The Morgan fingerprint density at radius 3 is 2.72 bits per heavy atom. The number of amides is 2. The Morgan fingerprint density at radius 2 is 1.97 bits per heavy atom. The molecule has 0 saturated carbocycles. The second-order valence-corrected chi connectivity index (χ2v) is 10.4. The van der Waals surface area contributed by atoms with Crippen LogP contribution in [0.25, 0.3) is 0 Å². The van der Waals surface area contributed by atoms with Crippen molar-refractivity contribution in [3.63, 3.8) is 0 Å². The summed E-state index contributed by atoms with van der Waals surface area (Å²) < 4.78 is 5.26. The molecule has 2 aliphatic heterocycles. The number of rotatable bonds is 9. The minimum Gasteiger partial charge on any atom is -0.497 e. The fraction of sp³-hybridized carbons (Fsp3) is 0.520. The Hall–Kier alpha value is -2.56. The number of nitrogens with one attached hydrogen (secondary N) is 1. The van der Waals surface area contributed by atoms with Gasteiger partial charge in [-0.25, -0.2) is 9.97 Å². The van der Waals surface area contributed by atoms with Crippen LogP contribution in [0.15, 0.2) is 35.5 Å². The van der Waals surface area contributed by atoms with Crippen molar-refractivity contribution in [2.45, 2.75) is 31.0 Å². The largest absolute Gasteiger partial charge is 0.497 e. The molecule has 0 bridgehead atoms. The summed E-state index contributed by atoms with van der Waals surface area (Å²) >= 11 is 7.57. The van der Waals surface area contributed by atoms with E-state index in [1.165, 1.54) is 24.6 Å². The van der Waals surface area contributed by atoms with Crippen LogP contribution in [0.1, 0.15) is 30.1 Å². The van der Waals surface area contributed by atoms with Crippen molar-refractivity contribution in [1.29, 1.82) is 0 Å². The molecule has 2 aromatic rings. The van der Waals surface area contributed by atoms with E-state index in [1.54, 1.807) is 25.3 Å². The third-order valence-corrected chi connectivity index (χ3v) is 7.51. The summed E-state index contributed by atoms with van der Waals surface area (Å²) in [5, 5.41) is 3.77. The zero-order chi connectivity index (χ0) is 25.5. The van der Waals surface area contributed by atoms with Crippen LogP contribution in [0.2, 0.25) is 5.15 Å². The molecule has 2 aliphatic rings. The average Bonchev–Trinajstić information content (AvgIpc) is 3.40. The molecule has 4 rings (SSSR count). The molecule has 36 heavy (non-hydrogen) atoms. The zero-order valence-electron chi connectivity index (χ0n) is 20.8. The van der Waals surface area contributed by atoms with Crippen LogP contribution in [0.5, 0.6) is 5.75 Å². The van der Waals surface area contributed by atoms with Crippen molar-refractivity contribution in [3.05, 3.63) is 41.0 Å². The van der Waals surface area contributed by atoms with E-state index in [1.807, 2.05) is 24.0 Å². The van der Waals surface area contributed by atoms with Crippen molar-refractivity contribution in [1.82, 2.24) is 25.1 Å². The molecule has 1 aromatic heterocycles. The van der Waals surface area contributed by atoms with Gasteiger partial charge in [0.05, 0.1) is 12.9 Å². The summed E-state index contributed by atoms with van der Waals surface area (Å²) in [4.78, 5) is 40.6. The Kier molecular flexibility index (Phi) is 9.28. The fourth-order valence-electron chi connectivity index (χ4n) is 4.54. The maximum Gasteiger partial charge on any atom is 0.254 e. The SMILES string of the molecule is COc1cccc(C(=O)N2CCN(c3cc(Cl)nc(SCC(=O)NCCN4CCCC4)n3)CC2C)c1. The van der Waals surface area contributed by atoms with Crippen LogP contribution in [-0.2, 0) is 4.79 Å². The normalized spacial score (nSPS) is 18.4. The standard InChI is InChI=1S/C25H33ClN6O3S/c1-18-16-31(12-13-32(18)24(34)19-6-5-7-20(14-19)35-2)22-15-21(26)28-25(29-22)36-17-23(33)27-8-11-30-9-3-4-10-30/h5-7,14-15,18H,3-4,8-13,16-17H2,1-2H3,(H,27,33). The molecule has 2 amide bonds. The van der Waals surface area contributed by atoms with E-state index in [2.05, 4.69) is 25.1 Å². The summed E-state index contributed by atoms with van der Waals surface area (Å²) in [6.45, 7) is 7.59. The molecule has 2 saturated heterocycles. The quantitative estimate of drug-likeness (QED) is 0.299. The summed E-state index contributed by atoms with van der Waals surface area (Å²) in [5.74, 6) is 1.54. The van der Waals surface area contributed by atoms with Crippen LogP contribution in [0.4, 0.5) is 5.82 Å². The maximum absolute atomic E-state index is 13.1. The number of methoxy groups -OCH3 is 1. The van der Waals surface area contributed by atoms with Gasteiger partial charge < -0.3 is 24.8 Å². The third-order valence-electron chi connectivity index (χ3n) is 6.47. The summed E-state index contributed by atoms with van der Waals surface area (Å²) in [7, 11) is 1.59. The first-order valence-corrected chi connectivity index (χ1v) is 13.7. The smallest absolute Gasteiger partial charge is 0.254 e. The number of nitrogens with zero attached hydrogens (tertiary/aromatic N) is 5. The van der Waals surface area contributed by atoms with Crippen LogP contribution in [0, 0.1) is 0 Å². The molecule has 1 aromatic carbocycles. The lowest BCUT2D eigenvalue weighted by molar-refractivity contribution is -0.118. The predicted octanol–water partition coefficient (Wildman–Crippen LogP) is 2.79. The third kappa shape index (κ3) is 7.02. The second kappa shape index (κ2) is 12.6. The van der Waals surface area contributed by atoms with Crippen LogP contribution in [-0.4, -0.2) is 96.3 Å². The Morgan fingerprint density at radius 1 is 1.17 bits per heavy atom. The van der Waals surface area contributed by atoms with E-state index in [9.17, 15) is 9.59 Å². The number of ether oxygens (including phenoxy) is 1. The number of halogens is 1. The summed E-state index contributed by atoms with van der Waals surface area (Å²) in [6.07, 6.45) is 2.48. The number of hydrogen-bond donors (Lipinski definition) is 1. The Labute approximate surface area is 221 Å². The molecule has 0 spiro atoms. The molecule has 11 heteroatoms. The molecule has 2 fully saturated rings. The van der Waals surface area contributed by atoms with E-state index in [-0.39, 0.29) is 23.6 Å². The second-order valence-electron chi connectivity index (χ2n) is 9.04. The van der Waals surface area contributed by atoms with Gasteiger partial charge in [-0.2, -0.15) is 0 Å². The molecule has 0 radical (unpaired) electrons. The maximum atomic E-state index is 13.1. The molecular formula is C25H33ClN6O3S. The molecule has 1 atom stereocenters. The molecule has 9 nitrogen and oxygen atoms in total. The first-order valence-electron chi connectivity index (χ1n) is 12.3. The van der Waals surface area contributed by atoms with Crippen molar-refractivity contribution < 1.29 is 14.3 Å². The van der Waals surface area contributed by atoms with Gasteiger partial charge in [0.2, 0.25) is 5.91 Å². The number of thioether (sulfide) groups is 1. The van der Waals surface area contributed by atoms with Gasteiger partial charge in [-0.3, -0.25) is 9.59 Å². The van der Waals surface area contributed by atoms with Gasteiger partial charge in [-0.15, -0.1) is 0 Å². The Bertz CT molecular complexity index is 1070. The number of likely N-dealkylation sites (tertiary alicyclic amines) is 1. The summed E-state index contributed by atoms with van der Waals surface area (Å²) in [5.41, 5.74) is 0.608. The molecule has 1 N–H and O–H groups in total. The topological polar surface area (TPSA) is 90.9 Å². The number of carbonyl (C=O) groups excluding carboxylic acids is 2. The van der Waals surface area contributed by atoms with Crippen LogP contribution >= 0.6 is 23.4 Å². The fourth-order valence-corrected chi connectivity index (χ4v) is 5.45. The van der Waals surface area contributed by atoms with Gasteiger partial charge in [0, 0.05) is 50.4 Å². The van der Waals surface area contributed by atoms with Gasteiger partial charge in [0.25, 0.3) is 5.91 Å². The molecule has 194 valence electrons. The van der Waals surface area contributed by atoms with Gasteiger partial charge >= 0.3 is 0 Å². The highest BCUT2D eigenvalue weighted by molar-refractivity contribution is 7.99. The lowest BCUT2D eigenvalue weighted by Gasteiger charge is -2.40. The lowest BCUT2D eigenvalue weighted by atomic mass is 10.1. The first kappa shape index (κ1) is 26.5. The highest BCUT2D eigenvalue weighted by Gasteiger charge is 2.29. The molecule has 1 unspecified atom stereocenters. The first-order chi connectivity index (χ1) is 17.4. The van der Waals surface area contributed by atoms with Gasteiger partial charge in [0.15, 0.2) is 5.16 Å². The summed E-state index contributed by atoms with van der Waals surface area (Å²) in [6, 6.07) is 8.92. The van der Waals surface area contributed by atoms with E-state index >= 15 is 0 Å². The van der Waals surface area contributed by atoms with E-state index in [0.717, 1.165) is 19.6 Å². The zero-order valence-corrected chi connectivity index (χ0v) is 22.4. The average molecular weight is 533 g/mol. The number of hydrogen-bond acceptors (Lipinski definition) is 8. The monoisotopic (exact) mass is 532 g/mol. The Balaban J connectivity index is 1.30. The number of benzene rings is 1. The van der Waals surface area contributed by atoms with E-state index < -0.39 is 0 Å². The van der Waals surface area contributed by atoms with Crippen molar-refractivity contribution in [3.8, 4) is 5.75 Å². The van der Waals surface area contributed by atoms with Crippen molar-refractivity contribution in [2.24, 2.45) is 0 Å². The highest BCUT2D eigenvalue weighted by Crippen LogP contribution is 2.25. The predicted molar refractivity (Wildman–Crippen MR) is 142 cm³/mol. The molecular weight excluding hydrogens is 500 g/mol. The molecule has 0 aliphatic carbocycles. The number of aromatic nitrogens is 2. The van der Waals surface area contributed by atoms with Crippen LogP contribution < -0.4 is 15.0 Å². The minimum atomic E-state index is -0.0392. The number of carbonyl (C=O) groups is 2. The van der Waals surface area contributed by atoms with Crippen molar-refractivity contribution >= 4 is 41.0 Å². The van der Waals surface area contributed by atoms with Gasteiger partial charge in [-0.05, 0) is 51.1 Å². The lowest BCUT2D eigenvalue weighted by Crippen LogP contribution is -2.54. The highest BCUT2D eigenvalue weighted by atomic mass is 35.5.